The standard InChI is InChI=1S/C26H19F3N2O2/c27-26(28,29)33-24-8-4-2-5-18(24)21-14-22(20-6-1-3-7-23(20)32)31-25-17-12-10-16(30)13-15(17)9-11-19(21)25/h1-8,10,12-14,32H,9,11,30H2. The largest absolute Gasteiger partial charge is 0.573 e. The second-order valence-electron chi connectivity index (χ2n) is 7.86. The van der Waals surface area contributed by atoms with Crippen molar-refractivity contribution in [2.75, 3.05) is 5.73 Å². The summed E-state index contributed by atoms with van der Waals surface area (Å²) in [4.78, 5) is 4.84. The predicted octanol–water partition coefficient (Wildman–Crippen LogP) is 6.37. The number of aromatic nitrogens is 1. The van der Waals surface area contributed by atoms with Crippen molar-refractivity contribution in [3.8, 4) is 45.1 Å². The number of para-hydroxylation sites is 2. The van der Waals surface area contributed by atoms with Gasteiger partial charge in [-0.1, -0.05) is 36.4 Å². The van der Waals surface area contributed by atoms with Crippen LogP contribution < -0.4 is 10.5 Å². The molecule has 33 heavy (non-hydrogen) atoms. The monoisotopic (exact) mass is 448 g/mol. The zero-order valence-corrected chi connectivity index (χ0v) is 17.4. The number of hydrogen-bond donors (Lipinski definition) is 2. The van der Waals surface area contributed by atoms with Gasteiger partial charge in [0, 0.05) is 22.4 Å². The average Bonchev–Trinajstić information content (AvgIpc) is 2.77. The van der Waals surface area contributed by atoms with Crippen molar-refractivity contribution < 1.29 is 23.0 Å². The van der Waals surface area contributed by atoms with E-state index >= 15 is 0 Å². The zero-order valence-electron chi connectivity index (χ0n) is 17.4. The summed E-state index contributed by atoms with van der Waals surface area (Å²) in [6.07, 6.45) is -3.57. The smallest absolute Gasteiger partial charge is 0.507 e. The van der Waals surface area contributed by atoms with Crippen molar-refractivity contribution in [1.29, 1.82) is 0 Å². The van der Waals surface area contributed by atoms with Crippen LogP contribution in [-0.4, -0.2) is 16.5 Å². The Hall–Kier alpha value is -4.00. The van der Waals surface area contributed by atoms with E-state index in [1.54, 1.807) is 48.5 Å². The maximum Gasteiger partial charge on any atom is 0.573 e. The first-order valence-electron chi connectivity index (χ1n) is 10.4. The topological polar surface area (TPSA) is 68.4 Å². The summed E-state index contributed by atoms with van der Waals surface area (Å²) in [7, 11) is 0. The van der Waals surface area contributed by atoms with E-state index < -0.39 is 6.36 Å². The van der Waals surface area contributed by atoms with E-state index in [2.05, 4.69) is 4.74 Å². The molecule has 5 rings (SSSR count). The van der Waals surface area contributed by atoms with Gasteiger partial charge in [0.2, 0.25) is 0 Å². The number of ether oxygens (including phenoxy) is 1. The number of anilines is 1. The second-order valence-corrected chi connectivity index (χ2v) is 7.86. The van der Waals surface area contributed by atoms with Crippen LogP contribution in [0.5, 0.6) is 11.5 Å². The Bertz CT molecular complexity index is 1370. The minimum atomic E-state index is -4.83. The fourth-order valence-corrected chi connectivity index (χ4v) is 4.33. The van der Waals surface area contributed by atoms with Crippen molar-refractivity contribution in [2.24, 2.45) is 0 Å². The van der Waals surface area contributed by atoms with E-state index in [1.807, 2.05) is 12.1 Å². The number of benzene rings is 3. The van der Waals surface area contributed by atoms with Crippen molar-refractivity contribution in [1.82, 2.24) is 4.98 Å². The lowest BCUT2D eigenvalue weighted by atomic mass is 9.83. The van der Waals surface area contributed by atoms with Gasteiger partial charge in [0.05, 0.1) is 11.4 Å². The Kier molecular flexibility index (Phi) is 4.96. The Morgan fingerprint density at radius 3 is 2.30 bits per heavy atom. The quantitative estimate of drug-likeness (QED) is 0.358. The lowest BCUT2D eigenvalue weighted by Gasteiger charge is -2.24. The molecule has 166 valence electrons. The molecule has 4 aromatic rings. The molecule has 1 aliphatic rings. The number of halogens is 3. The maximum atomic E-state index is 13.1. The molecular weight excluding hydrogens is 429 g/mol. The number of nitrogen functional groups attached to an aromatic ring is 1. The van der Waals surface area contributed by atoms with Gasteiger partial charge in [-0.15, -0.1) is 13.2 Å². The molecule has 0 unspecified atom stereocenters. The molecule has 0 spiro atoms. The van der Waals surface area contributed by atoms with Crippen LogP contribution in [0.1, 0.15) is 11.1 Å². The molecule has 0 aliphatic heterocycles. The number of pyridine rings is 1. The first kappa shape index (κ1) is 20.9. The summed E-state index contributed by atoms with van der Waals surface area (Å²) in [5.74, 6) is -0.256. The van der Waals surface area contributed by atoms with E-state index in [0.29, 0.717) is 46.6 Å². The van der Waals surface area contributed by atoms with Crippen LogP contribution in [0, 0.1) is 0 Å². The van der Waals surface area contributed by atoms with E-state index in [1.165, 1.54) is 12.1 Å². The molecule has 7 heteroatoms. The molecule has 4 nitrogen and oxygen atoms in total. The van der Waals surface area contributed by atoms with Gasteiger partial charge in [-0.25, -0.2) is 4.98 Å². The van der Waals surface area contributed by atoms with Crippen molar-refractivity contribution in [3.05, 3.63) is 83.9 Å². The zero-order chi connectivity index (χ0) is 23.2. The lowest BCUT2D eigenvalue weighted by Crippen LogP contribution is -2.18. The third kappa shape index (κ3) is 3.98. The molecule has 3 aromatic carbocycles. The molecule has 1 aromatic heterocycles. The van der Waals surface area contributed by atoms with Crippen LogP contribution >= 0.6 is 0 Å². The molecule has 1 heterocycles. The summed E-state index contributed by atoms with van der Waals surface area (Å²) in [5.41, 5.74) is 11.8. The highest BCUT2D eigenvalue weighted by atomic mass is 19.4. The van der Waals surface area contributed by atoms with Gasteiger partial charge in [-0.2, -0.15) is 0 Å². The molecule has 0 fully saturated rings. The number of alkyl halides is 3. The first-order chi connectivity index (χ1) is 15.8. The van der Waals surface area contributed by atoms with Gasteiger partial charge < -0.3 is 15.6 Å². The van der Waals surface area contributed by atoms with Crippen LogP contribution in [0.15, 0.2) is 72.8 Å². The van der Waals surface area contributed by atoms with Gasteiger partial charge in [0.25, 0.3) is 0 Å². The molecule has 0 atom stereocenters. The normalized spacial score (nSPS) is 12.7. The molecular formula is C26H19F3N2O2. The van der Waals surface area contributed by atoms with E-state index in [9.17, 15) is 18.3 Å². The summed E-state index contributed by atoms with van der Waals surface area (Å²) in [5, 5.41) is 10.4. The third-order valence-corrected chi connectivity index (χ3v) is 5.74. The molecule has 0 amide bonds. The number of phenols is 1. The maximum absolute atomic E-state index is 13.1. The summed E-state index contributed by atoms with van der Waals surface area (Å²) < 4.78 is 43.7. The minimum absolute atomic E-state index is 0.0315. The van der Waals surface area contributed by atoms with Crippen molar-refractivity contribution in [2.45, 2.75) is 19.2 Å². The Balaban J connectivity index is 1.80. The fraction of sp³-hybridized carbons (Fsp3) is 0.115. The number of phenolic OH excluding ortho intramolecular Hbond substituents is 1. The number of aryl methyl sites for hydroxylation is 1. The number of fused-ring (bicyclic) bond motifs is 3. The summed E-state index contributed by atoms with van der Waals surface area (Å²) >= 11 is 0. The number of hydrogen-bond acceptors (Lipinski definition) is 4. The van der Waals surface area contributed by atoms with Gasteiger partial charge in [0.15, 0.2) is 0 Å². The minimum Gasteiger partial charge on any atom is -0.507 e. The van der Waals surface area contributed by atoms with Gasteiger partial charge in [-0.3, -0.25) is 0 Å². The molecule has 1 aliphatic carbocycles. The molecule has 0 radical (unpaired) electrons. The highest BCUT2D eigenvalue weighted by Gasteiger charge is 2.33. The van der Waals surface area contributed by atoms with E-state index in [4.69, 9.17) is 10.7 Å². The van der Waals surface area contributed by atoms with Crippen molar-refractivity contribution in [3.63, 3.8) is 0 Å². The number of rotatable bonds is 3. The second kappa shape index (κ2) is 7.85. The molecule has 0 saturated carbocycles. The number of nitrogens with two attached hydrogens (primary N) is 1. The van der Waals surface area contributed by atoms with Gasteiger partial charge >= 0.3 is 6.36 Å². The van der Waals surface area contributed by atoms with Crippen molar-refractivity contribution >= 4 is 5.69 Å². The summed E-state index contributed by atoms with van der Waals surface area (Å²) in [6, 6.07) is 20.1. The fourth-order valence-electron chi connectivity index (χ4n) is 4.33. The SMILES string of the molecule is Nc1ccc2c(c1)CCc1c(-c3ccccc3OC(F)(F)F)cc(-c3ccccc3O)nc1-2. The Morgan fingerprint density at radius 1 is 0.818 bits per heavy atom. The molecule has 0 bridgehead atoms. The Labute approximate surface area is 188 Å². The van der Waals surface area contributed by atoms with Gasteiger partial charge in [-0.05, 0) is 65.9 Å². The van der Waals surface area contributed by atoms with Crippen LogP contribution in [0.3, 0.4) is 0 Å². The van der Waals surface area contributed by atoms with E-state index in [-0.39, 0.29) is 11.5 Å². The van der Waals surface area contributed by atoms with Crippen LogP contribution in [0.2, 0.25) is 0 Å². The predicted molar refractivity (Wildman–Crippen MR) is 121 cm³/mol. The van der Waals surface area contributed by atoms with Gasteiger partial charge in [0.1, 0.15) is 11.5 Å². The summed E-state index contributed by atoms with van der Waals surface area (Å²) in [6.45, 7) is 0. The Morgan fingerprint density at radius 2 is 1.55 bits per heavy atom. The third-order valence-electron chi connectivity index (χ3n) is 5.74. The number of nitrogens with zero attached hydrogens (tertiary/aromatic N) is 1. The van der Waals surface area contributed by atoms with Crippen LogP contribution in [-0.2, 0) is 12.8 Å². The highest BCUT2D eigenvalue weighted by Crippen LogP contribution is 2.44. The lowest BCUT2D eigenvalue weighted by molar-refractivity contribution is -0.274. The highest BCUT2D eigenvalue weighted by molar-refractivity contribution is 5.86. The molecule has 0 saturated heterocycles. The first-order valence-corrected chi connectivity index (χ1v) is 10.4. The number of aromatic hydroxyl groups is 1. The van der Waals surface area contributed by atoms with Crippen LogP contribution in [0.4, 0.5) is 18.9 Å². The molecule has 3 N–H and O–H groups in total. The van der Waals surface area contributed by atoms with E-state index in [0.717, 1.165) is 16.7 Å². The van der Waals surface area contributed by atoms with Crippen LogP contribution in [0.25, 0.3) is 33.6 Å². The average molecular weight is 448 g/mol.